The number of rotatable bonds is 4. The Bertz CT molecular complexity index is 804. The van der Waals surface area contributed by atoms with Crippen LogP contribution in [0.2, 0.25) is 0 Å². The Kier molecular flexibility index (Phi) is 3.57. The molecule has 0 spiro atoms. The Labute approximate surface area is 122 Å². The minimum Gasteiger partial charge on any atom is -0.340 e. The number of Topliss-reactive ketones (excluding diaryl/α,β-unsaturated/α-hetero) is 1. The number of nitrogens with zero attached hydrogens (tertiary/aromatic N) is 1. The van der Waals surface area contributed by atoms with Crippen LogP contribution in [0.3, 0.4) is 0 Å². The van der Waals surface area contributed by atoms with Gasteiger partial charge in [-0.05, 0) is 36.2 Å². The van der Waals surface area contributed by atoms with Gasteiger partial charge in [0.1, 0.15) is 5.82 Å². The summed E-state index contributed by atoms with van der Waals surface area (Å²) >= 11 is 0. The zero-order valence-electron chi connectivity index (χ0n) is 11.8. The number of benzene rings is 2. The number of carbonyl (C=O) groups is 1. The highest BCUT2D eigenvalue weighted by Crippen LogP contribution is 2.19. The first-order chi connectivity index (χ1) is 10.1. The summed E-state index contributed by atoms with van der Waals surface area (Å²) in [6.07, 6.45) is 2.04. The molecule has 0 N–H and O–H groups in total. The molecule has 0 unspecified atom stereocenters. The molecule has 0 radical (unpaired) electrons. The molecule has 2 aromatic carbocycles. The lowest BCUT2D eigenvalue weighted by Gasteiger charge is -2.06. The Morgan fingerprint density at radius 3 is 2.71 bits per heavy atom. The molecule has 2 nitrogen and oxygen atoms in total. The number of fused-ring (bicyclic) bond motifs is 1. The zero-order valence-corrected chi connectivity index (χ0v) is 11.8. The van der Waals surface area contributed by atoms with E-state index >= 15 is 0 Å². The quantitative estimate of drug-likeness (QED) is 0.711. The third kappa shape index (κ3) is 2.72. The minimum atomic E-state index is -0.320. The first kappa shape index (κ1) is 13.6. The topological polar surface area (TPSA) is 22.0 Å². The molecular weight excluding hydrogens is 265 g/mol. The van der Waals surface area contributed by atoms with Crippen LogP contribution in [0.25, 0.3) is 10.9 Å². The van der Waals surface area contributed by atoms with Crippen molar-refractivity contribution in [1.82, 2.24) is 4.57 Å². The molecule has 0 amide bonds. The number of hydrogen-bond acceptors (Lipinski definition) is 1. The lowest BCUT2D eigenvalue weighted by atomic mass is 10.1. The summed E-state index contributed by atoms with van der Waals surface area (Å²) < 4.78 is 15.5. The predicted molar refractivity (Wildman–Crippen MR) is 81.8 cm³/mol. The van der Waals surface area contributed by atoms with E-state index in [9.17, 15) is 9.18 Å². The number of hydrogen-bond donors (Lipinski definition) is 0. The lowest BCUT2D eigenvalue weighted by molar-refractivity contribution is -0.118. The van der Waals surface area contributed by atoms with Crippen molar-refractivity contribution in [3.05, 3.63) is 71.7 Å². The lowest BCUT2D eigenvalue weighted by Crippen LogP contribution is -2.12. The molecule has 0 fully saturated rings. The van der Waals surface area contributed by atoms with E-state index in [1.165, 1.54) is 11.6 Å². The van der Waals surface area contributed by atoms with Gasteiger partial charge in [-0.2, -0.15) is 0 Å². The number of aryl methyl sites for hydroxylation is 1. The van der Waals surface area contributed by atoms with Crippen molar-refractivity contribution in [3.63, 3.8) is 0 Å². The number of aromatic nitrogens is 1. The first-order valence-electron chi connectivity index (χ1n) is 6.95. The molecule has 21 heavy (non-hydrogen) atoms. The van der Waals surface area contributed by atoms with Gasteiger partial charge in [0.05, 0.1) is 6.54 Å². The number of carbonyl (C=O) groups excluding carboxylic acids is 1. The van der Waals surface area contributed by atoms with Crippen LogP contribution in [-0.2, 0) is 17.8 Å². The minimum absolute atomic E-state index is 0.000828. The van der Waals surface area contributed by atoms with Gasteiger partial charge in [-0.3, -0.25) is 4.79 Å². The van der Waals surface area contributed by atoms with Gasteiger partial charge >= 0.3 is 0 Å². The highest BCUT2D eigenvalue weighted by atomic mass is 19.1. The van der Waals surface area contributed by atoms with E-state index in [2.05, 4.69) is 0 Å². The summed E-state index contributed by atoms with van der Waals surface area (Å²) in [6, 6.07) is 14.5. The predicted octanol–water partition coefficient (Wildman–Crippen LogP) is 3.90. The molecule has 3 rings (SSSR count). The van der Waals surface area contributed by atoms with Crippen LogP contribution in [0.1, 0.15) is 11.1 Å². The zero-order chi connectivity index (χ0) is 14.8. The largest absolute Gasteiger partial charge is 0.340 e. The third-order valence-electron chi connectivity index (χ3n) is 3.72. The van der Waals surface area contributed by atoms with Crippen LogP contribution in [0.4, 0.5) is 4.39 Å². The van der Waals surface area contributed by atoms with Crippen LogP contribution in [0.5, 0.6) is 0 Å². The fourth-order valence-corrected chi connectivity index (χ4v) is 2.62. The maximum absolute atomic E-state index is 13.6. The molecule has 3 heteroatoms. The third-order valence-corrected chi connectivity index (χ3v) is 3.72. The smallest absolute Gasteiger partial charge is 0.156 e. The summed E-state index contributed by atoms with van der Waals surface area (Å²) in [5, 5.41) is 1.15. The Hall–Kier alpha value is -2.42. The van der Waals surface area contributed by atoms with Crippen LogP contribution in [0.15, 0.2) is 54.7 Å². The average molecular weight is 281 g/mol. The molecule has 1 heterocycles. The fraction of sp³-hybridized carbons (Fsp3) is 0.167. The average Bonchev–Trinajstić information content (AvgIpc) is 2.86. The second kappa shape index (κ2) is 5.52. The monoisotopic (exact) mass is 281 g/mol. The highest BCUT2D eigenvalue weighted by molar-refractivity contribution is 5.86. The molecule has 0 aliphatic heterocycles. The molecule has 0 atom stereocenters. The van der Waals surface area contributed by atoms with Gasteiger partial charge in [0, 0.05) is 23.5 Å². The van der Waals surface area contributed by atoms with E-state index in [-0.39, 0.29) is 24.6 Å². The van der Waals surface area contributed by atoms with Crippen LogP contribution in [0, 0.1) is 12.7 Å². The molecular formula is C18H16FNO. The summed E-state index contributed by atoms with van der Waals surface area (Å²) in [5.74, 6) is -0.321. The number of ketones is 1. The molecule has 0 saturated heterocycles. The van der Waals surface area contributed by atoms with Gasteiger partial charge in [0.25, 0.3) is 0 Å². The van der Waals surface area contributed by atoms with Crippen molar-refractivity contribution in [2.24, 2.45) is 0 Å². The maximum Gasteiger partial charge on any atom is 0.156 e. The van der Waals surface area contributed by atoms with Crippen molar-refractivity contribution in [3.8, 4) is 0 Å². The number of halogens is 1. The van der Waals surface area contributed by atoms with E-state index in [0.717, 1.165) is 10.9 Å². The van der Waals surface area contributed by atoms with Gasteiger partial charge in [-0.15, -0.1) is 0 Å². The van der Waals surface area contributed by atoms with Crippen LogP contribution >= 0.6 is 0 Å². The summed E-state index contributed by atoms with van der Waals surface area (Å²) in [5.41, 5.74) is 2.68. The van der Waals surface area contributed by atoms with E-state index in [4.69, 9.17) is 0 Å². The van der Waals surface area contributed by atoms with Gasteiger partial charge in [0.15, 0.2) is 5.78 Å². The van der Waals surface area contributed by atoms with E-state index < -0.39 is 0 Å². The van der Waals surface area contributed by atoms with Crippen molar-refractivity contribution in [2.75, 3.05) is 0 Å². The summed E-state index contributed by atoms with van der Waals surface area (Å²) in [4.78, 5) is 12.2. The van der Waals surface area contributed by atoms with Gasteiger partial charge in [-0.1, -0.05) is 30.3 Å². The highest BCUT2D eigenvalue weighted by Gasteiger charge is 2.10. The van der Waals surface area contributed by atoms with Crippen molar-refractivity contribution >= 4 is 16.7 Å². The Morgan fingerprint density at radius 2 is 1.90 bits per heavy atom. The molecule has 0 bridgehead atoms. The van der Waals surface area contributed by atoms with Crippen LogP contribution in [-0.4, -0.2) is 10.4 Å². The van der Waals surface area contributed by atoms with E-state index in [0.29, 0.717) is 5.56 Å². The molecule has 0 saturated carbocycles. The van der Waals surface area contributed by atoms with Crippen LogP contribution < -0.4 is 0 Å². The normalized spacial score (nSPS) is 11.0. The van der Waals surface area contributed by atoms with E-state index in [1.54, 1.807) is 18.2 Å². The molecule has 106 valence electrons. The molecule has 1 aromatic heterocycles. The fourth-order valence-electron chi connectivity index (χ4n) is 2.62. The second-order valence-electron chi connectivity index (χ2n) is 5.26. The van der Waals surface area contributed by atoms with Crippen molar-refractivity contribution in [1.29, 1.82) is 0 Å². The molecule has 3 aromatic rings. The van der Waals surface area contributed by atoms with Gasteiger partial charge in [0.2, 0.25) is 0 Å². The standard InChI is InChI=1S/C18H16FNO/c1-13-5-4-8-18-16(13)9-10-20(18)12-15(21)11-14-6-2-3-7-17(14)19/h2-10H,11-12H2,1H3. The maximum atomic E-state index is 13.6. The van der Waals surface area contributed by atoms with Gasteiger partial charge < -0.3 is 4.57 Å². The van der Waals surface area contributed by atoms with Crippen molar-refractivity contribution < 1.29 is 9.18 Å². The SMILES string of the molecule is Cc1cccc2c1ccn2CC(=O)Cc1ccccc1F. The summed E-state index contributed by atoms with van der Waals surface area (Å²) in [6.45, 7) is 2.31. The van der Waals surface area contributed by atoms with E-state index in [1.807, 2.05) is 42.0 Å². The van der Waals surface area contributed by atoms with Crippen molar-refractivity contribution in [2.45, 2.75) is 19.9 Å². The first-order valence-corrected chi connectivity index (χ1v) is 6.95. The Morgan fingerprint density at radius 1 is 1.10 bits per heavy atom. The molecule has 0 aliphatic carbocycles. The Balaban J connectivity index is 1.81. The molecule has 0 aliphatic rings. The summed E-state index contributed by atoms with van der Waals surface area (Å²) in [7, 11) is 0. The second-order valence-corrected chi connectivity index (χ2v) is 5.26. The van der Waals surface area contributed by atoms with Gasteiger partial charge in [-0.25, -0.2) is 4.39 Å².